The number of imidazole rings is 1. The standard InChI is InChI=1S/C13H13FN4S/c1-17-8-9(7-15-17)4-5-18-12-3-2-10(14)6-11(12)16-13(18)19/h2-3,6-8H,4-5H2,1H3,(H,16,19). The predicted octanol–water partition coefficient (Wildman–Crippen LogP) is 2.81. The number of rotatable bonds is 3. The number of aromatic amines is 1. The first-order valence-electron chi connectivity index (χ1n) is 5.99. The lowest BCUT2D eigenvalue weighted by Gasteiger charge is -2.03. The maximum absolute atomic E-state index is 13.2. The molecule has 19 heavy (non-hydrogen) atoms. The molecule has 4 nitrogen and oxygen atoms in total. The Morgan fingerprint density at radius 3 is 3.00 bits per heavy atom. The molecule has 0 spiro atoms. The lowest BCUT2D eigenvalue weighted by molar-refractivity contribution is 0.629. The molecule has 0 amide bonds. The fraction of sp³-hybridized carbons (Fsp3) is 0.231. The van der Waals surface area contributed by atoms with E-state index >= 15 is 0 Å². The zero-order chi connectivity index (χ0) is 13.4. The normalized spacial score (nSPS) is 11.3. The van der Waals surface area contributed by atoms with Gasteiger partial charge in [-0.2, -0.15) is 5.10 Å². The molecule has 2 aromatic heterocycles. The van der Waals surface area contributed by atoms with Crippen LogP contribution in [0.25, 0.3) is 11.0 Å². The number of aryl methyl sites for hydroxylation is 3. The zero-order valence-corrected chi connectivity index (χ0v) is 11.2. The molecule has 0 fully saturated rings. The van der Waals surface area contributed by atoms with Gasteiger partial charge in [0.15, 0.2) is 4.77 Å². The van der Waals surface area contributed by atoms with Crippen LogP contribution in [0.1, 0.15) is 5.56 Å². The number of hydrogen-bond acceptors (Lipinski definition) is 2. The number of H-pyrrole nitrogens is 1. The zero-order valence-electron chi connectivity index (χ0n) is 10.4. The fourth-order valence-electron chi connectivity index (χ4n) is 2.20. The van der Waals surface area contributed by atoms with Crippen molar-refractivity contribution in [3.63, 3.8) is 0 Å². The number of hydrogen-bond donors (Lipinski definition) is 1. The Balaban J connectivity index is 1.92. The second-order valence-corrected chi connectivity index (χ2v) is 4.90. The highest BCUT2D eigenvalue weighted by molar-refractivity contribution is 7.71. The molecule has 3 aromatic rings. The van der Waals surface area contributed by atoms with Crippen LogP contribution >= 0.6 is 12.2 Å². The van der Waals surface area contributed by atoms with E-state index in [0.29, 0.717) is 4.77 Å². The molecule has 1 aromatic carbocycles. The second kappa shape index (κ2) is 4.62. The maximum Gasteiger partial charge on any atom is 0.178 e. The van der Waals surface area contributed by atoms with Crippen LogP contribution in [0.15, 0.2) is 30.6 Å². The van der Waals surface area contributed by atoms with Crippen molar-refractivity contribution in [3.8, 4) is 0 Å². The summed E-state index contributed by atoms with van der Waals surface area (Å²) in [6.45, 7) is 0.746. The van der Waals surface area contributed by atoms with Gasteiger partial charge in [-0.05, 0) is 42.4 Å². The molecule has 0 aliphatic rings. The van der Waals surface area contributed by atoms with Crippen LogP contribution in [0, 0.1) is 10.6 Å². The lowest BCUT2D eigenvalue weighted by atomic mass is 10.2. The monoisotopic (exact) mass is 276 g/mol. The number of aromatic nitrogens is 4. The van der Waals surface area contributed by atoms with Crippen LogP contribution in [-0.4, -0.2) is 19.3 Å². The first-order chi connectivity index (χ1) is 9.13. The van der Waals surface area contributed by atoms with Gasteiger partial charge in [-0.3, -0.25) is 4.68 Å². The van der Waals surface area contributed by atoms with E-state index in [9.17, 15) is 4.39 Å². The van der Waals surface area contributed by atoms with Gasteiger partial charge < -0.3 is 9.55 Å². The van der Waals surface area contributed by atoms with Crippen molar-refractivity contribution in [2.75, 3.05) is 0 Å². The van der Waals surface area contributed by atoms with Gasteiger partial charge in [0, 0.05) is 19.8 Å². The Bertz CT molecular complexity index is 783. The van der Waals surface area contributed by atoms with Crippen molar-refractivity contribution in [2.24, 2.45) is 7.05 Å². The second-order valence-electron chi connectivity index (χ2n) is 4.52. The third-order valence-corrected chi connectivity index (χ3v) is 3.44. The summed E-state index contributed by atoms with van der Waals surface area (Å²) >= 11 is 5.28. The van der Waals surface area contributed by atoms with E-state index in [4.69, 9.17) is 12.2 Å². The van der Waals surface area contributed by atoms with Crippen molar-refractivity contribution < 1.29 is 4.39 Å². The van der Waals surface area contributed by atoms with Gasteiger partial charge in [-0.25, -0.2) is 4.39 Å². The summed E-state index contributed by atoms with van der Waals surface area (Å²) in [5.41, 5.74) is 2.81. The number of nitrogens with one attached hydrogen (secondary N) is 1. The van der Waals surface area contributed by atoms with E-state index in [2.05, 4.69) is 10.1 Å². The van der Waals surface area contributed by atoms with E-state index in [1.165, 1.54) is 12.1 Å². The molecule has 0 saturated carbocycles. The van der Waals surface area contributed by atoms with E-state index in [1.54, 1.807) is 10.7 Å². The average molecular weight is 276 g/mol. The van der Waals surface area contributed by atoms with Gasteiger partial charge in [0.05, 0.1) is 17.2 Å². The molecule has 6 heteroatoms. The molecule has 0 aliphatic heterocycles. The number of nitrogens with zero attached hydrogens (tertiary/aromatic N) is 3. The number of fused-ring (bicyclic) bond motifs is 1. The van der Waals surface area contributed by atoms with Crippen molar-refractivity contribution >= 4 is 23.3 Å². The molecule has 0 bridgehead atoms. The fourth-order valence-corrected chi connectivity index (χ4v) is 2.50. The molecule has 0 unspecified atom stereocenters. The van der Waals surface area contributed by atoms with Crippen LogP contribution in [0.3, 0.4) is 0 Å². The highest BCUT2D eigenvalue weighted by atomic mass is 32.1. The minimum Gasteiger partial charge on any atom is -0.330 e. The minimum atomic E-state index is -0.261. The van der Waals surface area contributed by atoms with Crippen molar-refractivity contribution in [2.45, 2.75) is 13.0 Å². The third kappa shape index (κ3) is 2.31. The Kier molecular flexibility index (Phi) is 2.94. The lowest BCUT2D eigenvalue weighted by Crippen LogP contribution is -2.00. The van der Waals surface area contributed by atoms with Crippen molar-refractivity contribution in [1.82, 2.24) is 19.3 Å². The van der Waals surface area contributed by atoms with E-state index in [0.717, 1.165) is 29.6 Å². The van der Waals surface area contributed by atoms with Gasteiger partial charge in [0.25, 0.3) is 0 Å². The summed E-state index contributed by atoms with van der Waals surface area (Å²) in [7, 11) is 1.89. The summed E-state index contributed by atoms with van der Waals surface area (Å²) in [5, 5.41) is 4.14. The SMILES string of the molecule is Cn1cc(CCn2c(=S)[nH]c3cc(F)ccc32)cn1. The maximum atomic E-state index is 13.2. The summed E-state index contributed by atoms with van der Waals surface area (Å²) in [6, 6.07) is 4.66. The van der Waals surface area contributed by atoms with Gasteiger partial charge in [-0.1, -0.05) is 0 Å². The molecular weight excluding hydrogens is 263 g/mol. The molecule has 0 radical (unpaired) electrons. The summed E-state index contributed by atoms with van der Waals surface area (Å²) in [6.07, 6.45) is 4.67. The molecule has 0 saturated heterocycles. The molecule has 98 valence electrons. The molecule has 3 rings (SSSR count). The molecule has 1 N–H and O–H groups in total. The third-order valence-electron chi connectivity index (χ3n) is 3.12. The Morgan fingerprint density at radius 2 is 2.26 bits per heavy atom. The van der Waals surface area contributed by atoms with Crippen LogP contribution in [0.5, 0.6) is 0 Å². The van der Waals surface area contributed by atoms with Crippen LogP contribution in [0.2, 0.25) is 0 Å². The Labute approximate surface area is 114 Å². The number of halogens is 1. The smallest absolute Gasteiger partial charge is 0.178 e. The highest BCUT2D eigenvalue weighted by Crippen LogP contribution is 2.16. The largest absolute Gasteiger partial charge is 0.330 e. The van der Waals surface area contributed by atoms with Crippen molar-refractivity contribution in [1.29, 1.82) is 0 Å². The molecular formula is C13H13FN4S. The first-order valence-corrected chi connectivity index (χ1v) is 6.40. The van der Waals surface area contributed by atoms with E-state index in [-0.39, 0.29) is 5.82 Å². The van der Waals surface area contributed by atoms with E-state index < -0.39 is 0 Å². The topological polar surface area (TPSA) is 38.5 Å². The predicted molar refractivity (Wildman–Crippen MR) is 74.0 cm³/mol. The molecule has 0 atom stereocenters. The van der Waals surface area contributed by atoms with E-state index in [1.807, 2.05) is 24.0 Å². The molecule has 2 heterocycles. The summed E-state index contributed by atoms with van der Waals surface area (Å²) in [4.78, 5) is 3.03. The Morgan fingerprint density at radius 1 is 1.42 bits per heavy atom. The van der Waals surface area contributed by atoms with Gasteiger partial charge in [0.2, 0.25) is 0 Å². The minimum absolute atomic E-state index is 0.261. The highest BCUT2D eigenvalue weighted by Gasteiger charge is 2.06. The molecule has 0 aliphatic carbocycles. The number of benzene rings is 1. The van der Waals surface area contributed by atoms with Crippen LogP contribution < -0.4 is 0 Å². The van der Waals surface area contributed by atoms with Crippen molar-refractivity contribution in [3.05, 3.63) is 46.7 Å². The van der Waals surface area contributed by atoms with Crippen LogP contribution in [0.4, 0.5) is 4.39 Å². The van der Waals surface area contributed by atoms with Gasteiger partial charge >= 0.3 is 0 Å². The summed E-state index contributed by atoms with van der Waals surface area (Å²) < 4.78 is 17.5. The van der Waals surface area contributed by atoms with Gasteiger partial charge in [0.1, 0.15) is 5.82 Å². The average Bonchev–Trinajstić information content (AvgIpc) is 2.89. The first kappa shape index (κ1) is 12.1. The Hall–Kier alpha value is -1.95. The van der Waals surface area contributed by atoms with Gasteiger partial charge in [-0.15, -0.1) is 0 Å². The summed E-state index contributed by atoms with van der Waals surface area (Å²) in [5.74, 6) is -0.261. The quantitative estimate of drug-likeness (QED) is 0.747. The van der Waals surface area contributed by atoms with Crippen LogP contribution in [-0.2, 0) is 20.0 Å².